The third-order valence-corrected chi connectivity index (χ3v) is 11.3. The first-order valence-electron chi connectivity index (χ1n) is 18.3. The largest absolute Gasteiger partial charge is 0.307 e. The maximum atomic E-state index is 5.32. The van der Waals surface area contributed by atoms with E-state index in [0.717, 1.165) is 68.9 Å². The van der Waals surface area contributed by atoms with E-state index in [1.54, 1.807) is 0 Å². The van der Waals surface area contributed by atoms with Gasteiger partial charge in [0.1, 0.15) is 11.5 Å². The molecule has 5 aromatic heterocycles. The molecule has 248 valence electrons. The minimum Gasteiger partial charge on any atom is -0.307 e. The van der Waals surface area contributed by atoms with E-state index in [9.17, 15) is 0 Å². The maximum absolute atomic E-state index is 5.32. The summed E-state index contributed by atoms with van der Waals surface area (Å²) in [6, 6.07) is 54.7. The molecule has 0 fully saturated rings. The summed E-state index contributed by atoms with van der Waals surface area (Å²) in [5, 5.41) is 8.44. The van der Waals surface area contributed by atoms with E-state index in [-0.39, 0.29) is 0 Å². The number of nitrogens with zero attached hydrogens (tertiary/aromatic N) is 5. The quantitative estimate of drug-likeness (QED) is 0.175. The van der Waals surface area contributed by atoms with Crippen LogP contribution in [0.2, 0.25) is 0 Å². The van der Waals surface area contributed by atoms with Crippen LogP contribution < -0.4 is 0 Å². The fourth-order valence-electron chi connectivity index (χ4n) is 9.01. The van der Waals surface area contributed by atoms with Crippen molar-refractivity contribution in [1.82, 2.24) is 23.5 Å². The zero-order valence-corrected chi connectivity index (χ0v) is 28.7. The Morgan fingerprint density at radius 2 is 1.11 bits per heavy atom. The van der Waals surface area contributed by atoms with Gasteiger partial charge < -0.3 is 4.57 Å². The van der Waals surface area contributed by atoms with Crippen molar-refractivity contribution in [2.24, 2.45) is 0 Å². The number of para-hydroxylation sites is 3. The lowest BCUT2D eigenvalue weighted by atomic mass is 10.0. The summed E-state index contributed by atoms with van der Waals surface area (Å²) in [6.07, 6.45) is 6.47. The molecule has 0 bridgehead atoms. The maximum Gasteiger partial charge on any atom is 0.146 e. The number of fused-ring (bicyclic) bond motifs is 15. The van der Waals surface area contributed by atoms with Crippen LogP contribution >= 0.6 is 0 Å². The Morgan fingerprint density at radius 3 is 1.89 bits per heavy atom. The van der Waals surface area contributed by atoms with Crippen molar-refractivity contribution in [3.05, 3.63) is 169 Å². The fraction of sp³-hybridized carbons (Fsp3) is 0.0417. The fourth-order valence-corrected chi connectivity index (χ4v) is 9.01. The molecule has 11 aromatic rings. The molecule has 5 heteroatoms. The highest BCUT2D eigenvalue weighted by atomic mass is 15.1. The van der Waals surface area contributed by atoms with Crippen molar-refractivity contribution in [3.8, 4) is 22.8 Å². The van der Waals surface area contributed by atoms with Gasteiger partial charge >= 0.3 is 0 Å². The molecule has 5 nitrogen and oxygen atoms in total. The summed E-state index contributed by atoms with van der Waals surface area (Å²) in [5.41, 5.74) is 12.4. The van der Waals surface area contributed by atoms with Gasteiger partial charge in [-0.25, -0.2) is 9.97 Å². The van der Waals surface area contributed by atoms with E-state index in [4.69, 9.17) is 9.97 Å². The first-order valence-corrected chi connectivity index (χ1v) is 18.3. The van der Waals surface area contributed by atoms with Crippen LogP contribution in [0.15, 0.2) is 158 Å². The molecule has 0 atom stereocenters. The second kappa shape index (κ2) is 10.8. The van der Waals surface area contributed by atoms with E-state index < -0.39 is 0 Å². The lowest BCUT2D eigenvalue weighted by Gasteiger charge is -2.15. The van der Waals surface area contributed by atoms with Crippen molar-refractivity contribution >= 4 is 77.0 Å². The van der Waals surface area contributed by atoms with Gasteiger partial charge in [0, 0.05) is 43.6 Å². The van der Waals surface area contributed by atoms with Crippen LogP contribution in [0.5, 0.6) is 0 Å². The molecule has 5 heterocycles. The number of imidazole rings is 1. The molecule has 0 saturated carbocycles. The molecule has 0 aliphatic heterocycles. The van der Waals surface area contributed by atoms with Gasteiger partial charge in [-0.2, -0.15) is 0 Å². The summed E-state index contributed by atoms with van der Waals surface area (Å²) < 4.78 is 7.24. The molecule has 0 radical (unpaired) electrons. The van der Waals surface area contributed by atoms with E-state index >= 15 is 0 Å². The van der Waals surface area contributed by atoms with Gasteiger partial charge in [0.2, 0.25) is 0 Å². The van der Waals surface area contributed by atoms with Crippen LogP contribution in [0.3, 0.4) is 0 Å². The van der Waals surface area contributed by atoms with Gasteiger partial charge in [-0.15, -0.1) is 0 Å². The van der Waals surface area contributed by atoms with Crippen molar-refractivity contribution < 1.29 is 0 Å². The molecular formula is C48H31N5. The monoisotopic (exact) mass is 677 g/mol. The third-order valence-electron chi connectivity index (χ3n) is 11.3. The summed E-state index contributed by atoms with van der Waals surface area (Å²) in [6.45, 7) is 0. The number of hydrogen-bond donors (Lipinski definition) is 0. The molecule has 0 unspecified atom stereocenters. The Kier molecular flexibility index (Phi) is 5.83. The molecule has 1 aliphatic rings. The Balaban J connectivity index is 1.22. The van der Waals surface area contributed by atoms with Crippen molar-refractivity contribution in [1.29, 1.82) is 0 Å². The molecule has 0 saturated heterocycles. The second-order valence-corrected chi connectivity index (χ2v) is 14.1. The van der Waals surface area contributed by atoms with Crippen molar-refractivity contribution in [3.63, 3.8) is 0 Å². The average Bonchev–Trinajstić information content (AvgIpc) is 3.89. The normalized spacial score (nSPS) is 13.1. The first-order chi connectivity index (χ1) is 26.3. The second-order valence-electron chi connectivity index (χ2n) is 14.1. The summed E-state index contributed by atoms with van der Waals surface area (Å²) >= 11 is 0. The van der Waals surface area contributed by atoms with Gasteiger partial charge in [0.15, 0.2) is 0 Å². The Labute approximate surface area is 304 Å². The lowest BCUT2D eigenvalue weighted by molar-refractivity contribution is 0.921. The smallest absolute Gasteiger partial charge is 0.146 e. The molecule has 0 N–H and O–H groups in total. The molecule has 0 spiro atoms. The number of benzene rings is 6. The van der Waals surface area contributed by atoms with Crippen LogP contribution in [0.25, 0.3) is 99.8 Å². The van der Waals surface area contributed by atoms with Crippen LogP contribution in [0.4, 0.5) is 0 Å². The minimum atomic E-state index is 0.895. The van der Waals surface area contributed by atoms with Crippen LogP contribution in [-0.4, -0.2) is 23.5 Å². The topological polar surface area (TPSA) is 40.0 Å². The number of hydrogen-bond acceptors (Lipinski definition) is 2. The Hall–Kier alpha value is -6.98. The number of allylic oxidation sites excluding steroid dienone is 1. The minimum absolute atomic E-state index is 0.895. The van der Waals surface area contributed by atoms with Gasteiger partial charge in [0.05, 0.1) is 44.7 Å². The summed E-state index contributed by atoms with van der Waals surface area (Å²) in [7, 11) is 0. The highest BCUT2D eigenvalue weighted by molar-refractivity contribution is 6.24. The van der Waals surface area contributed by atoms with Gasteiger partial charge in [0.25, 0.3) is 0 Å². The van der Waals surface area contributed by atoms with Crippen LogP contribution in [0.1, 0.15) is 17.8 Å². The van der Waals surface area contributed by atoms with Crippen molar-refractivity contribution in [2.45, 2.75) is 12.8 Å². The summed E-state index contributed by atoms with van der Waals surface area (Å²) in [5.74, 6) is 0.895. The number of rotatable bonds is 3. The van der Waals surface area contributed by atoms with Crippen molar-refractivity contribution in [2.75, 3.05) is 0 Å². The zero-order chi connectivity index (χ0) is 34.6. The zero-order valence-electron chi connectivity index (χ0n) is 28.7. The predicted octanol–water partition coefficient (Wildman–Crippen LogP) is 11.9. The molecular weight excluding hydrogens is 647 g/mol. The molecule has 53 heavy (non-hydrogen) atoms. The van der Waals surface area contributed by atoms with Gasteiger partial charge in [-0.3, -0.25) is 8.97 Å². The lowest BCUT2D eigenvalue weighted by Crippen LogP contribution is -2.02. The van der Waals surface area contributed by atoms with Gasteiger partial charge in [-0.1, -0.05) is 109 Å². The average molecular weight is 678 g/mol. The van der Waals surface area contributed by atoms with E-state index in [0.29, 0.717) is 0 Å². The summed E-state index contributed by atoms with van der Waals surface area (Å²) in [4.78, 5) is 10.5. The molecule has 12 rings (SSSR count). The highest BCUT2D eigenvalue weighted by Gasteiger charge is 2.23. The standard InChI is InChI=1S/C48H31N5/c1-2-13-30(14-3-1)39-19-12-24-45(49-39)53-43-22-10-5-16-33(43)36-28-27-35-32-15-4-8-20-41(32)51(46(35)47(36)53)31-25-26-37-38(29-31)34-17-6-9-21-42(34)52-44-23-11-7-18-40(44)50-48(37)52/h1-10,12-22,24-29H,11,23H2. The molecule has 0 amide bonds. The predicted molar refractivity (Wildman–Crippen MR) is 219 cm³/mol. The van der Waals surface area contributed by atoms with E-state index in [2.05, 4.69) is 171 Å². The first kappa shape index (κ1) is 28.7. The number of pyridine rings is 2. The Morgan fingerprint density at radius 1 is 0.472 bits per heavy atom. The highest BCUT2D eigenvalue weighted by Crippen LogP contribution is 2.43. The number of aromatic nitrogens is 5. The van der Waals surface area contributed by atoms with Crippen LogP contribution in [0, 0.1) is 0 Å². The van der Waals surface area contributed by atoms with E-state index in [1.807, 2.05) is 6.07 Å². The third kappa shape index (κ3) is 3.96. The van der Waals surface area contributed by atoms with Gasteiger partial charge in [-0.05, 0) is 72.8 Å². The molecule has 6 aromatic carbocycles. The van der Waals surface area contributed by atoms with Crippen LogP contribution in [-0.2, 0) is 6.42 Å². The Bertz CT molecular complexity index is 3340. The SMILES string of the molecule is C1=Cc2nc3c4ccc(-n5c6ccccc6c6ccc7c8ccccc8n(-c8cccc(-c9ccccc9)n8)c7c65)cc4c4ccccc4n3c2CC1. The van der Waals surface area contributed by atoms with E-state index in [1.165, 1.54) is 49.0 Å². The molecule has 1 aliphatic carbocycles. The number of aryl methyl sites for hydroxylation is 1.